The molecule has 5 nitrogen and oxygen atoms in total. The molecule has 0 bridgehead atoms. The molecule has 1 saturated carbocycles. The SMILES string of the molecule is C#CCn1ncc(NCC2CCCCC2O)c(Br)c1=O. The summed E-state index contributed by atoms with van der Waals surface area (Å²) in [6.45, 7) is 0.791. The van der Waals surface area contributed by atoms with E-state index in [1.165, 1.54) is 4.68 Å². The Balaban J connectivity index is 2.05. The summed E-state index contributed by atoms with van der Waals surface area (Å²) in [4.78, 5) is 12.0. The second-order valence-corrected chi connectivity index (χ2v) is 5.82. The van der Waals surface area contributed by atoms with Crippen molar-refractivity contribution in [2.45, 2.75) is 38.3 Å². The molecule has 1 aliphatic rings. The number of nitrogens with one attached hydrogen (secondary N) is 1. The van der Waals surface area contributed by atoms with E-state index in [0.29, 0.717) is 16.7 Å². The van der Waals surface area contributed by atoms with E-state index >= 15 is 0 Å². The molecular formula is C14H18BrN3O2. The van der Waals surface area contributed by atoms with Gasteiger partial charge in [0, 0.05) is 12.5 Å². The number of hydrogen-bond donors (Lipinski definition) is 2. The van der Waals surface area contributed by atoms with Gasteiger partial charge in [-0.25, -0.2) is 4.68 Å². The fraction of sp³-hybridized carbons (Fsp3) is 0.571. The van der Waals surface area contributed by atoms with Gasteiger partial charge in [-0.2, -0.15) is 5.10 Å². The Morgan fingerprint density at radius 1 is 1.55 bits per heavy atom. The number of hydrogen-bond acceptors (Lipinski definition) is 4. The first-order valence-electron chi connectivity index (χ1n) is 6.74. The van der Waals surface area contributed by atoms with Crippen molar-refractivity contribution in [1.82, 2.24) is 9.78 Å². The number of nitrogens with zero attached hydrogens (tertiary/aromatic N) is 2. The molecule has 1 heterocycles. The minimum Gasteiger partial charge on any atom is -0.393 e. The third-order valence-electron chi connectivity index (χ3n) is 3.65. The highest BCUT2D eigenvalue weighted by Gasteiger charge is 2.23. The van der Waals surface area contributed by atoms with Crippen LogP contribution in [0, 0.1) is 18.3 Å². The molecule has 1 aromatic heterocycles. The van der Waals surface area contributed by atoms with Gasteiger partial charge in [-0.05, 0) is 28.8 Å². The zero-order valence-corrected chi connectivity index (χ0v) is 12.8. The van der Waals surface area contributed by atoms with E-state index in [1.807, 2.05) is 0 Å². The Hall–Kier alpha value is -1.32. The average Bonchev–Trinajstić information content (AvgIpc) is 2.45. The molecule has 20 heavy (non-hydrogen) atoms. The third kappa shape index (κ3) is 3.41. The molecular weight excluding hydrogens is 322 g/mol. The lowest BCUT2D eigenvalue weighted by molar-refractivity contribution is 0.0763. The first kappa shape index (κ1) is 15.1. The summed E-state index contributed by atoms with van der Waals surface area (Å²) in [7, 11) is 0. The Morgan fingerprint density at radius 2 is 2.30 bits per heavy atom. The number of halogens is 1. The fourth-order valence-corrected chi connectivity index (χ4v) is 2.90. The number of aliphatic hydroxyl groups is 1. The van der Waals surface area contributed by atoms with Crippen LogP contribution in [0.15, 0.2) is 15.5 Å². The monoisotopic (exact) mass is 339 g/mol. The van der Waals surface area contributed by atoms with E-state index in [9.17, 15) is 9.90 Å². The molecule has 1 aliphatic carbocycles. The second-order valence-electron chi connectivity index (χ2n) is 5.03. The van der Waals surface area contributed by atoms with Gasteiger partial charge in [0.2, 0.25) is 0 Å². The Morgan fingerprint density at radius 3 is 3.00 bits per heavy atom. The Bertz CT molecular complexity index is 565. The van der Waals surface area contributed by atoms with Gasteiger partial charge in [-0.3, -0.25) is 4.79 Å². The van der Waals surface area contributed by atoms with Gasteiger partial charge in [0.15, 0.2) is 0 Å². The van der Waals surface area contributed by atoms with Gasteiger partial charge in [0.1, 0.15) is 11.0 Å². The van der Waals surface area contributed by atoms with Crippen molar-refractivity contribution >= 4 is 21.6 Å². The second kappa shape index (κ2) is 6.91. The molecule has 2 N–H and O–H groups in total. The van der Waals surface area contributed by atoms with Crippen molar-refractivity contribution in [3.63, 3.8) is 0 Å². The molecule has 0 aromatic carbocycles. The van der Waals surface area contributed by atoms with E-state index in [2.05, 4.69) is 32.3 Å². The van der Waals surface area contributed by atoms with Crippen LogP contribution in [0.5, 0.6) is 0 Å². The van der Waals surface area contributed by atoms with Crippen LogP contribution in [0.25, 0.3) is 0 Å². The fourth-order valence-electron chi connectivity index (χ4n) is 2.45. The third-order valence-corrected chi connectivity index (χ3v) is 4.42. The molecule has 2 unspecified atom stereocenters. The van der Waals surface area contributed by atoms with Gasteiger partial charge in [-0.15, -0.1) is 6.42 Å². The summed E-state index contributed by atoms with van der Waals surface area (Å²) in [5, 5.41) is 17.1. The lowest BCUT2D eigenvalue weighted by atomic mass is 9.86. The van der Waals surface area contributed by atoms with Gasteiger partial charge < -0.3 is 10.4 Å². The molecule has 0 amide bonds. The lowest BCUT2D eigenvalue weighted by Crippen LogP contribution is -2.31. The Labute approximate surface area is 126 Å². The maximum atomic E-state index is 12.0. The predicted molar refractivity (Wildman–Crippen MR) is 81.5 cm³/mol. The largest absolute Gasteiger partial charge is 0.393 e. The van der Waals surface area contributed by atoms with Crippen LogP contribution < -0.4 is 10.9 Å². The summed E-state index contributed by atoms with van der Waals surface area (Å²) in [6.07, 6.45) is 10.6. The molecule has 1 aromatic rings. The number of anilines is 1. The highest BCUT2D eigenvalue weighted by molar-refractivity contribution is 9.10. The average molecular weight is 340 g/mol. The highest BCUT2D eigenvalue weighted by Crippen LogP contribution is 2.25. The quantitative estimate of drug-likeness (QED) is 0.817. The number of rotatable bonds is 4. The highest BCUT2D eigenvalue weighted by atomic mass is 79.9. The first-order valence-corrected chi connectivity index (χ1v) is 7.53. The summed E-state index contributed by atoms with van der Waals surface area (Å²) in [6, 6.07) is 0. The van der Waals surface area contributed by atoms with E-state index in [1.54, 1.807) is 6.20 Å². The molecule has 1 fully saturated rings. The number of aromatic nitrogens is 2. The summed E-state index contributed by atoms with van der Waals surface area (Å²) in [5.74, 6) is 2.61. The van der Waals surface area contributed by atoms with Crippen LogP contribution in [0.4, 0.5) is 5.69 Å². The predicted octanol–water partition coefficient (Wildman–Crippen LogP) is 1.60. The maximum Gasteiger partial charge on any atom is 0.284 e. The summed E-state index contributed by atoms with van der Waals surface area (Å²) >= 11 is 3.27. The van der Waals surface area contributed by atoms with Crippen LogP contribution in [0.1, 0.15) is 25.7 Å². The molecule has 2 atom stereocenters. The van der Waals surface area contributed by atoms with Crippen LogP contribution in [0.2, 0.25) is 0 Å². The van der Waals surface area contributed by atoms with Crippen molar-refractivity contribution in [3.05, 3.63) is 21.0 Å². The molecule has 0 aliphatic heterocycles. The van der Waals surface area contributed by atoms with Gasteiger partial charge >= 0.3 is 0 Å². The zero-order valence-electron chi connectivity index (χ0n) is 11.2. The van der Waals surface area contributed by atoms with E-state index in [4.69, 9.17) is 6.42 Å². The Kier molecular flexibility index (Phi) is 5.21. The van der Waals surface area contributed by atoms with Crippen molar-refractivity contribution in [2.24, 2.45) is 5.92 Å². The van der Waals surface area contributed by atoms with E-state index in [-0.39, 0.29) is 24.1 Å². The molecule has 0 radical (unpaired) electrons. The van der Waals surface area contributed by atoms with Gasteiger partial charge in [0.05, 0.1) is 18.0 Å². The van der Waals surface area contributed by atoms with Crippen molar-refractivity contribution in [2.75, 3.05) is 11.9 Å². The minimum absolute atomic E-state index is 0.152. The normalized spacial score (nSPS) is 22.2. The number of aliphatic hydroxyl groups excluding tert-OH is 1. The van der Waals surface area contributed by atoms with E-state index in [0.717, 1.165) is 25.7 Å². The maximum absolute atomic E-state index is 12.0. The van der Waals surface area contributed by atoms with Gasteiger partial charge in [-0.1, -0.05) is 18.8 Å². The lowest BCUT2D eigenvalue weighted by Gasteiger charge is -2.28. The van der Waals surface area contributed by atoms with E-state index < -0.39 is 0 Å². The first-order chi connectivity index (χ1) is 9.63. The molecule has 0 spiro atoms. The number of terminal acetylenes is 1. The molecule has 2 rings (SSSR count). The zero-order chi connectivity index (χ0) is 14.5. The summed E-state index contributed by atoms with van der Waals surface area (Å²) in [5.41, 5.74) is 0.387. The van der Waals surface area contributed by atoms with Crippen molar-refractivity contribution in [3.8, 4) is 12.3 Å². The van der Waals surface area contributed by atoms with Gasteiger partial charge in [0.25, 0.3) is 5.56 Å². The molecule has 108 valence electrons. The van der Waals surface area contributed by atoms with Crippen LogP contribution in [-0.4, -0.2) is 27.5 Å². The summed E-state index contributed by atoms with van der Waals surface area (Å²) < 4.78 is 1.65. The molecule has 0 saturated heterocycles. The molecule has 6 heteroatoms. The van der Waals surface area contributed by atoms with Crippen LogP contribution in [0.3, 0.4) is 0 Å². The standard InChI is InChI=1S/C14H18BrN3O2/c1-2-7-18-14(20)13(15)11(9-17-18)16-8-10-5-3-4-6-12(10)19/h1,9-10,12,16,19H,3-8H2. The minimum atomic E-state index is -0.259. The van der Waals surface area contributed by atoms with Crippen molar-refractivity contribution in [1.29, 1.82) is 0 Å². The smallest absolute Gasteiger partial charge is 0.284 e. The van der Waals surface area contributed by atoms with Crippen LogP contribution in [-0.2, 0) is 6.54 Å². The van der Waals surface area contributed by atoms with Crippen LogP contribution >= 0.6 is 15.9 Å². The van der Waals surface area contributed by atoms with Crippen molar-refractivity contribution < 1.29 is 5.11 Å². The topological polar surface area (TPSA) is 67.2 Å².